The van der Waals surface area contributed by atoms with Crippen LogP contribution in [0.3, 0.4) is 0 Å². The number of alkyl halides is 4. The number of rotatable bonds is 7. The molecule has 0 aliphatic carbocycles. The van der Waals surface area contributed by atoms with E-state index in [2.05, 4.69) is 25.7 Å². The fourth-order valence-corrected chi connectivity index (χ4v) is 5.37. The average molecular weight is 575 g/mol. The molecule has 0 saturated carbocycles. The maximum absolute atomic E-state index is 15.3. The topological polar surface area (TPSA) is 120 Å². The quantitative estimate of drug-likeness (QED) is 0.335. The summed E-state index contributed by atoms with van der Waals surface area (Å²) in [5, 5.41) is 14.3. The number of hydrogen-bond donors (Lipinski definition) is 1. The van der Waals surface area contributed by atoms with Gasteiger partial charge in [0, 0.05) is 6.54 Å². The summed E-state index contributed by atoms with van der Waals surface area (Å²) in [6.07, 6.45) is -1.07. The highest BCUT2D eigenvalue weighted by molar-refractivity contribution is 7.88. The number of ether oxygens (including phenoxy) is 1. The molecule has 1 N–H and O–H groups in total. The van der Waals surface area contributed by atoms with Crippen molar-refractivity contribution in [1.29, 1.82) is 0 Å². The van der Waals surface area contributed by atoms with E-state index < -0.39 is 46.8 Å². The van der Waals surface area contributed by atoms with Gasteiger partial charge in [-0.2, -0.15) is 9.29 Å². The van der Waals surface area contributed by atoms with Crippen molar-refractivity contribution in [3.63, 3.8) is 0 Å². The number of halogens is 5. The van der Waals surface area contributed by atoms with E-state index in [0.29, 0.717) is 9.82 Å². The summed E-state index contributed by atoms with van der Waals surface area (Å²) >= 11 is 0. The summed E-state index contributed by atoms with van der Waals surface area (Å²) in [6, 6.07) is 1.70. The summed E-state index contributed by atoms with van der Waals surface area (Å²) in [6.45, 7) is 0.134. The van der Waals surface area contributed by atoms with Gasteiger partial charge in [-0.05, 0) is 31.0 Å². The highest BCUT2D eigenvalue weighted by Gasteiger charge is 2.47. The highest BCUT2D eigenvalue weighted by atomic mass is 32.2. The van der Waals surface area contributed by atoms with Crippen LogP contribution in [0, 0.1) is 5.82 Å². The van der Waals surface area contributed by atoms with Crippen LogP contribution in [0.15, 0.2) is 24.4 Å². The first-order valence-electron chi connectivity index (χ1n) is 11.7. The molecule has 17 heteroatoms. The lowest BCUT2D eigenvalue weighted by Gasteiger charge is -2.37. The molecular formula is C22H23F5N8O3S. The molecule has 2 atom stereocenters. The molecule has 0 amide bonds. The molecule has 1 aliphatic rings. The largest absolute Gasteiger partial charge is 0.479 e. The number of fused-ring (bicyclic) bond motifs is 2. The van der Waals surface area contributed by atoms with E-state index in [1.54, 1.807) is 0 Å². The van der Waals surface area contributed by atoms with E-state index in [4.69, 9.17) is 4.74 Å². The molecule has 39 heavy (non-hydrogen) atoms. The monoisotopic (exact) mass is 574 g/mol. The molecule has 11 nitrogen and oxygen atoms in total. The van der Waals surface area contributed by atoms with Crippen molar-refractivity contribution in [2.75, 3.05) is 31.8 Å². The van der Waals surface area contributed by atoms with Crippen LogP contribution in [0.2, 0.25) is 0 Å². The molecule has 0 unspecified atom stereocenters. The van der Waals surface area contributed by atoms with Crippen molar-refractivity contribution in [2.45, 2.75) is 37.8 Å². The summed E-state index contributed by atoms with van der Waals surface area (Å²) in [5.74, 6) is -4.63. The van der Waals surface area contributed by atoms with E-state index in [1.165, 1.54) is 32.2 Å². The minimum absolute atomic E-state index is 0.00968. The predicted octanol–water partition coefficient (Wildman–Crippen LogP) is 3.20. The van der Waals surface area contributed by atoms with Gasteiger partial charge in [-0.1, -0.05) is 11.3 Å². The number of hydrogen-bond acceptors (Lipinski definition) is 8. The summed E-state index contributed by atoms with van der Waals surface area (Å²) in [7, 11) is -2.54. The normalized spacial score (nSPS) is 19.2. The van der Waals surface area contributed by atoms with Gasteiger partial charge in [-0.3, -0.25) is 0 Å². The number of nitrogens with zero attached hydrogens (tertiary/aromatic N) is 7. The first-order valence-corrected chi connectivity index (χ1v) is 13.5. The fraction of sp³-hybridized carbons (Fsp3) is 0.455. The Morgan fingerprint density at radius 1 is 1.26 bits per heavy atom. The average Bonchev–Trinajstić information content (AvgIpc) is 3.43. The number of sulfonamides is 1. The molecule has 0 radical (unpaired) electrons. The molecule has 4 aromatic rings. The first-order chi connectivity index (χ1) is 18.3. The van der Waals surface area contributed by atoms with Gasteiger partial charge < -0.3 is 10.1 Å². The third-order valence-corrected chi connectivity index (χ3v) is 7.84. The Morgan fingerprint density at radius 2 is 2.00 bits per heavy atom. The van der Waals surface area contributed by atoms with Gasteiger partial charge in [-0.15, -0.1) is 10.2 Å². The molecule has 0 spiro atoms. The smallest absolute Gasteiger partial charge is 0.281 e. The van der Waals surface area contributed by atoms with Crippen molar-refractivity contribution < 1.29 is 35.1 Å². The van der Waals surface area contributed by atoms with E-state index in [0.717, 1.165) is 21.6 Å². The second-order valence-electron chi connectivity index (χ2n) is 9.25. The van der Waals surface area contributed by atoms with Gasteiger partial charge in [0.15, 0.2) is 5.82 Å². The second-order valence-corrected chi connectivity index (χ2v) is 11.2. The summed E-state index contributed by atoms with van der Waals surface area (Å²) in [4.78, 5) is 4.14. The minimum Gasteiger partial charge on any atom is -0.479 e. The molecule has 1 fully saturated rings. The molecular weight excluding hydrogens is 551 g/mol. The first kappa shape index (κ1) is 27.0. The second kappa shape index (κ2) is 9.55. The Kier molecular flexibility index (Phi) is 6.61. The van der Waals surface area contributed by atoms with Gasteiger partial charge in [0.05, 0.1) is 43.2 Å². The molecule has 4 heterocycles. The number of piperidine rings is 1. The Balaban J connectivity index is 1.53. The van der Waals surface area contributed by atoms with Crippen LogP contribution in [0.4, 0.5) is 27.9 Å². The van der Waals surface area contributed by atoms with Crippen LogP contribution in [-0.2, 0) is 10.0 Å². The molecule has 1 aromatic carbocycles. The lowest BCUT2D eigenvalue weighted by molar-refractivity contribution is -0.0541. The van der Waals surface area contributed by atoms with Crippen LogP contribution >= 0.6 is 0 Å². The fourth-order valence-electron chi connectivity index (χ4n) is 4.52. The van der Waals surface area contributed by atoms with Crippen LogP contribution in [0.25, 0.3) is 27.7 Å². The Morgan fingerprint density at radius 3 is 2.64 bits per heavy atom. The lowest BCUT2D eigenvalue weighted by Crippen LogP contribution is -2.55. The van der Waals surface area contributed by atoms with Gasteiger partial charge in [0.1, 0.15) is 17.1 Å². The number of anilines is 1. The molecule has 210 valence electrons. The van der Waals surface area contributed by atoms with E-state index in [9.17, 15) is 26.0 Å². The highest BCUT2D eigenvalue weighted by Crippen LogP contribution is 2.37. The van der Waals surface area contributed by atoms with Crippen molar-refractivity contribution in [3.05, 3.63) is 30.2 Å². The van der Waals surface area contributed by atoms with Crippen LogP contribution in [0.1, 0.15) is 19.4 Å². The Bertz CT molecular complexity index is 1660. The molecule has 3 aromatic heterocycles. The lowest BCUT2D eigenvalue weighted by atomic mass is 10.0. The van der Waals surface area contributed by atoms with Crippen LogP contribution < -0.4 is 10.1 Å². The maximum Gasteiger partial charge on any atom is 0.281 e. The Hall–Kier alpha value is -3.60. The number of benzene rings is 1. The zero-order valence-corrected chi connectivity index (χ0v) is 21.6. The van der Waals surface area contributed by atoms with Gasteiger partial charge in [0.2, 0.25) is 21.9 Å². The standard InChI is InChI=1S/C22H23F5N8O3S/c1-11(19(24)25)35-15-8-12(4-5-14(15)30-32-35)17-13(23)9-34-18(17)20(38-2)29-21(31-34)28-16-6-7-33(39(3,36)37)10-22(16,26)27/h4-5,8-9,11,16,19H,6-7,10H2,1-3H3,(H,28,31)/t11-,16-/m1/s1. The third-order valence-electron chi connectivity index (χ3n) is 6.59. The summed E-state index contributed by atoms with van der Waals surface area (Å²) in [5.41, 5.74) is 0.909. The van der Waals surface area contributed by atoms with Crippen molar-refractivity contribution >= 4 is 32.5 Å². The summed E-state index contributed by atoms with van der Waals surface area (Å²) < 4.78 is 103. The predicted molar refractivity (Wildman–Crippen MR) is 130 cm³/mol. The van der Waals surface area contributed by atoms with Crippen molar-refractivity contribution in [3.8, 4) is 17.0 Å². The maximum atomic E-state index is 15.3. The third kappa shape index (κ3) is 4.84. The van der Waals surface area contributed by atoms with Crippen LogP contribution in [-0.4, -0.2) is 87.2 Å². The SMILES string of the molecule is COc1nc(N[C@@H]2CCN(S(C)(=O)=O)CC2(F)F)nn2cc(F)c(-c3ccc4nnn([C@H](C)C(F)F)c4c3)c12. The van der Waals surface area contributed by atoms with Crippen molar-refractivity contribution in [1.82, 2.24) is 33.9 Å². The molecule has 1 aliphatic heterocycles. The minimum atomic E-state index is -3.80. The van der Waals surface area contributed by atoms with Crippen molar-refractivity contribution in [2.24, 2.45) is 0 Å². The van der Waals surface area contributed by atoms with E-state index in [-0.39, 0.29) is 47.0 Å². The molecule has 0 bridgehead atoms. The number of aromatic nitrogens is 6. The van der Waals surface area contributed by atoms with E-state index >= 15 is 4.39 Å². The number of methoxy groups -OCH3 is 1. The zero-order chi connectivity index (χ0) is 28.3. The molecule has 5 rings (SSSR count). The molecule has 1 saturated heterocycles. The zero-order valence-electron chi connectivity index (χ0n) is 20.8. The van der Waals surface area contributed by atoms with Gasteiger partial charge in [0.25, 0.3) is 12.3 Å². The van der Waals surface area contributed by atoms with E-state index in [1.807, 2.05) is 0 Å². The Labute approximate surface area is 218 Å². The number of nitrogens with one attached hydrogen (secondary N) is 1. The van der Waals surface area contributed by atoms with Gasteiger partial charge in [-0.25, -0.2) is 39.6 Å². The van der Waals surface area contributed by atoms with Crippen LogP contribution in [0.5, 0.6) is 5.88 Å². The van der Waals surface area contributed by atoms with Gasteiger partial charge >= 0.3 is 0 Å².